The molecule has 3 aromatic carbocycles. The van der Waals surface area contributed by atoms with Crippen LogP contribution in [0.15, 0.2) is 88.8 Å². The molecule has 31 heavy (non-hydrogen) atoms. The molecule has 4 rings (SSSR count). The average molecular weight is 436 g/mol. The molecule has 1 aliphatic rings. The number of amides is 1. The highest BCUT2D eigenvalue weighted by Gasteiger charge is 2.29. The van der Waals surface area contributed by atoms with Gasteiger partial charge < -0.3 is 10.1 Å². The molecule has 1 amide bonds. The van der Waals surface area contributed by atoms with Crippen LogP contribution in [0.5, 0.6) is 11.5 Å². The summed E-state index contributed by atoms with van der Waals surface area (Å²) in [7, 11) is -3.57. The van der Waals surface area contributed by atoms with E-state index in [0.717, 1.165) is 11.3 Å². The molecule has 0 spiro atoms. The van der Waals surface area contributed by atoms with Crippen LogP contribution in [-0.4, -0.2) is 26.7 Å². The molecule has 0 bridgehead atoms. The first kappa shape index (κ1) is 20.6. The number of nitrogens with zero attached hydrogens (tertiary/aromatic N) is 1. The molecular weight excluding hydrogens is 414 g/mol. The van der Waals surface area contributed by atoms with Gasteiger partial charge in [-0.25, -0.2) is 8.42 Å². The number of para-hydroxylation sites is 1. The maximum atomic E-state index is 12.2. The minimum absolute atomic E-state index is 0.146. The van der Waals surface area contributed by atoms with Gasteiger partial charge in [0.1, 0.15) is 17.3 Å². The normalized spacial score (nSPS) is 15.2. The molecular formula is C23H21N3O4S. The lowest BCUT2D eigenvalue weighted by atomic mass is 10.2. The first-order valence-electron chi connectivity index (χ1n) is 9.76. The van der Waals surface area contributed by atoms with Gasteiger partial charge in [0, 0.05) is 18.5 Å². The van der Waals surface area contributed by atoms with E-state index in [2.05, 4.69) is 15.0 Å². The monoisotopic (exact) mass is 435 g/mol. The number of carbonyl (C=O) groups excluding carboxylic acids is 1. The van der Waals surface area contributed by atoms with Gasteiger partial charge in [-0.05, 0) is 42.0 Å². The van der Waals surface area contributed by atoms with Crippen molar-refractivity contribution in [2.45, 2.75) is 17.9 Å². The summed E-state index contributed by atoms with van der Waals surface area (Å²) in [6.45, 7) is 0.534. The number of sulfonamides is 1. The summed E-state index contributed by atoms with van der Waals surface area (Å²) in [5.74, 6) is 1.53. The van der Waals surface area contributed by atoms with Crippen molar-refractivity contribution in [2.75, 3.05) is 6.54 Å². The highest BCUT2D eigenvalue weighted by Crippen LogP contribution is 2.23. The van der Waals surface area contributed by atoms with E-state index < -0.39 is 10.0 Å². The Morgan fingerprint density at radius 1 is 0.935 bits per heavy atom. The van der Waals surface area contributed by atoms with Crippen LogP contribution in [0.25, 0.3) is 0 Å². The molecule has 3 aromatic rings. The minimum atomic E-state index is -3.57. The lowest BCUT2D eigenvalue weighted by Gasteiger charge is -2.08. The number of carbonyl (C=O) groups is 1. The number of benzene rings is 3. The largest absolute Gasteiger partial charge is 0.457 e. The molecule has 0 atom stereocenters. The van der Waals surface area contributed by atoms with Gasteiger partial charge in [-0.1, -0.05) is 42.5 Å². The van der Waals surface area contributed by atoms with Crippen LogP contribution in [0.2, 0.25) is 0 Å². The number of amidine groups is 1. The van der Waals surface area contributed by atoms with Crippen LogP contribution < -0.4 is 14.8 Å². The Kier molecular flexibility index (Phi) is 5.99. The topological polar surface area (TPSA) is 96.9 Å². The summed E-state index contributed by atoms with van der Waals surface area (Å²) in [6, 6.07) is 23.6. The van der Waals surface area contributed by atoms with E-state index in [1.807, 2.05) is 54.6 Å². The van der Waals surface area contributed by atoms with Gasteiger partial charge >= 0.3 is 0 Å². The quantitative estimate of drug-likeness (QED) is 0.596. The maximum absolute atomic E-state index is 12.2. The number of hydrogen-bond donors (Lipinski definition) is 2. The molecule has 0 saturated carbocycles. The Morgan fingerprint density at radius 3 is 2.52 bits per heavy atom. The summed E-state index contributed by atoms with van der Waals surface area (Å²) >= 11 is 0. The third-order valence-corrected chi connectivity index (χ3v) is 6.04. The van der Waals surface area contributed by atoms with E-state index in [0.29, 0.717) is 17.9 Å². The first-order valence-corrected chi connectivity index (χ1v) is 11.2. The fraction of sp³-hybridized carbons (Fsp3) is 0.130. The summed E-state index contributed by atoms with van der Waals surface area (Å²) in [5.41, 5.74) is 1.43. The second kappa shape index (κ2) is 9.01. The molecule has 1 aliphatic heterocycles. The Hall–Kier alpha value is -3.65. The number of rotatable bonds is 7. The van der Waals surface area contributed by atoms with Crippen LogP contribution in [0.4, 0.5) is 0 Å². The summed E-state index contributed by atoms with van der Waals surface area (Å²) in [4.78, 5) is 16.7. The van der Waals surface area contributed by atoms with Crippen LogP contribution in [0.1, 0.15) is 17.5 Å². The van der Waals surface area contributed by atoms with Crippen LogP contribution in [0.3, 0.4) is 0 Å². The Balaban J connectivity index is 1.30. The van der Waals surface area contributed by atoms with Gasteiger partial charge in [0.15, 0.2) is 0 Å². The average Bonchev–Trinajstić information content (AvgIpc) is 3.04. The SMILES string of the molecule is O=C(CCN=C1NS(=O)(=O)c2ccccc21)NCc1cccc(Oc2ccccc2)c1. The second-order valence-electron chi connectivity index (χ2n) is 6.92. The van der Waals surface area contributed by atoms with Crippen LogP contribution in [0, 0.1) is 0 Å². The molecule has 0 saturated heterocycles. The Labute approximate surface area is 180 Å². The number of nitrogens with one attached hydrogen (secondary N) is 2. The van der Waals surface area contributed by atoms with E-state index in [-0.39, 0.29) is 29.6 Å². The number of fused-ring (bicyclic) bond motifs is 1. The van der Waals surface area contributed by atoms with Crippen molar-refractivity contribution in [3.05, 3.63) is 90.0 Å². The number of ether oxygens (including phenoxy) is 1. The van der Waals surface area contributed by atoms with E-state index in [1.165, 1.54) is 6.07 Å². The lowest BCUT2D eigenvalue weighted by molar-refractivity contribution is -0.121. The van der Waals surface area contributed by atoms with Gasteiger partial charge in [-0.15, -0.1) is 0 Å². The van der Waals surface area contributed by atoms with Crippen molar-refractivity contribution in [2.24, 2.45) is 4.99 Å². The molecule has 0 radical (unpaired) electrons. The lowest BCUT2D eigenvalue weighted by Crippen LogP contribution is -2.25. The van der Waals surface area contributed by atoms with Gasteiger partial charge in [-0.2, -0.15) is 0 Å². The van der Waals surface area contributed by atoms with Crippen molar-refractivity contribution in [1.29, 1.82) is 0 Å². The summed E-state index contributed by atoms with van der Waals surface area (Å²) in [5, 5.41) is 2.85. The molecule has 0 aliphatic carbocycles. The predicted octanol–water partition coefficient (Wildman–Crippen LogP) is 3.22. The van der Waals surface area contributed by atoms with Crippen molar-refractivity contribution in [3.8, 4) is 11.5 Å². The molecule has 2 N–H and O–H groups in total. The zero-order valence-electron chi connectivity index (χ0n) is 16.6. The minimum Gasteiger partial charge on any atom is -0.457 e. The van der Waals surface area contributed by atoms with Gasteiger partial charge in [0.2, 0.25) is 5.91 Å². The maximum Gasteiger partial charge on any atom is 0.263 e. The summed E-state index contributed by atoms with van der Waals surface area (Å²) in [6.07, 6.45) is 0.146. The second-order valence-corrected chi connectivity index (χ2v) is 8.57. The van der Waals surface area contributed by atoms with Crippen LogP contribution >= 0.6 is 0 Å². The molecule has 7 nitrogen and oxygen atoms in total. The third-order valence-electron chi connectivity index (χ3n) is 4.64. The molecule has 8 heteroatoms. The Morgan fingerprint density at radius 2 is 1.68 bits per heavy atom. The van der Waals surface area contributed by atoms with Gasteiger partial charge in [0.05, 0.1) is 11.4 Å². The van der Waals surface area contributed by atoms with Crippen molar-refractivity contribution in [1.82, 2.24) is 10.0 Å². The highest BCUT2D eigenvalue weighted by atomic mass is 32.2. The first-order chi connectivity index (χ1) is 15.0. The molecule has 0 unspecified atom stereocenters. The molecule has 158 valence electrons. The van der Waals surface area contributed by atoms with E-state index in [1.54, 1.807) is 18.2 Å². The van der Waals surface area contributed by atoms with Gasteiger partial charge in [0.25, 0.3) is 10.0 Å². The van der Waals surface area contributed by atoms with Gasteiger partial charge in [-0.3, -0.25) is 14.5 Å². The fourth-order valence-corrected chi connectivity index (χ4v) is 4.40. The number of aliphatic imine (C=N–C) groups is 1. The molecule has 0 fully saturated rings. The summed E-state index contributed by atoms with van der Waals surface area (Å²) < 4.78 is 32.4. The van der Waals surface area contributed by atoms with E-state index in [9.17, 15) is 13.2 Å². The molecule has 0 aromatic heterocycles. The number of hydrogen-bond acceptors (Lipinski definition) is 5. The molecule has 1 heterocycles. The van der Waals surface area contributed by atoms with E-state index in [4.69, 9.17) is 4.74 Å². The standard InChI is InChI=1S/C23H21N3O4S/c27-22(13-14-24-23-20-11-4-5-12-21(20)31(28,29)26-23)25-16-17-7-6-10-19(15-17)30-18-8-2-1-3-9-18/h1-12,15H,13-14,16H2,(H,24,26)(H,25,27). The van der Waals surface area contributed by atoms with Crippen molar-refractivity contribution < 1.29 is 17.9 Å². The van der Waals surface area contributed by atoms with E-state index >= 15 is 0 Å². The highest BCUT2D eigenvalue weighted by molar-refractivity contribution is 7.90. The van der Waals surface area contributed by atoms with Crippen molar-refractivity contribution >= 4 is 21.8 Å². The zero-order valence-corrected chi connectivity index (χ0v) is 17.4. The Bertz CT molecular complexity index is 1220. The van der Waals surface area contributed by atoms with Crippen molar-refractivity contribution in [3.63, 3.8) is 0 Å². The third kappa shape index (κ3) is 5.10. The smallest absolute Gasteiger partial charge is 0.263 e. The zero-order chi connectivity index (χ0) is 21.7. The predicted molar refractivity (Wildman–Crippen MR) is 118 cm³/mol. The fourth-order valence-electron chi connectivity index (χ4n) is 3.15. The van der Waals surface area contributed by atoms with Crippen LogP contribution in [-0.2, 0) is 21.4 Å².